The van der Waals surface area contributed by atoms with Gasteiger partial charge in [-0.1, -0.05) is 0 Å². The third-order valence-corrected chi connectivity index (χ3v) is 5.85. The number of aliphatic hydroxyl groups is 1. The zero-order valence-corrected chi connectivity index (χ0v) is 18.5. The molecule has 1 N–H and O–H groups in total. The number of hydrogen-bond donors (Lipinski definition) is 1. The predicted molar refractivity (Wildman–Crippen MR) is 123 cm³/mol. The Morgan fingerprint density at radius 1 is 1.09 bits per heavy atom. The third kappa shape index (κ3) is 4.56. The molecule has 0 aliphatic carbocycles. The van der Waals surface area contributed by atoms with Crippen molar-refractivity contribution in [2.24, 2.45) is 0 Å². The molecule has 0 amide bonds. The molecular weight excluding hydrogens is 410 g/mol. The molecule has 0 unspecified atom stereocenters. The van der Waals surface area contributed by atoms with Gasteiger partial charge in [-0.15, -0.1) is 0 Å². The molecule has 0 saturated carbocycles. The Labute approximate surface area is 187 Å². The van der Waals surface area contributed by atoms with Gasteiger partial charge in [0.1, 0.15) is 11.5 Å². The van der Waals surface area contributed by atoms with E-state index in [1.165, 1.54) is 0 Å². The number of hydrogen-bond acceptors (Lipinski definition) is 7. The Balaban J connectivity index is 1.79. The lowest BCUT2D eigenvalue weighted by Gasteiger charge is -2.26. The molecule has 2 aromatic carbocycles. The molecule has 8 nitrogen and oxygen atoms in total. The second-order valence-electron chi connectivity index (χ2n) is 7.80. The van der Waals surface area contributed by atoms with Crippen LogP contribution in [0.15, 0.2) is 47.5 Å². The highest BCUT2D eigenvalue weighted by Crippen LogP contribution is 2.34. The number of ether oxygens (including phenoxy) is 3. The van der Waals surface area contributed by atoms with Gasteiger partial charge in [0.05, 0.1) is 31.4 Å². The van der Waals surface area contributed by atoms with E-state index in [4.69, 9.17) is 14.2 Å². The van der Waals surface area contributed by atoms with Crippen molar-refractivity contribution < 1.29 is 19.3 Å². The Bertz CT molecular complexity index is 1100. The maximum absolute atomic E-state index is 13.3. The summed E-state index contributed by atoms with van der Waals surface area (Å²) in [6, 6.07) is 11.4. The number of methoxy groups -OCH3 is 2. The summed E-state index contributed by atoms with van der Waals surface area (Å²) in [6.07, 6.45) is 3.83. The second kappa shape index (κ2) is 10.0. The summed E-state index contributed by atoms with van der Waals surface area (Å²) in [5.74, 6) is 1.33. The average Bonchev–Trinajstić information content (AvgIpc) is 2.85. The van der Waals surface area contributed by atoms with Crippen molar-refractivity contribution in [3.05, 3.63) is 53.1 Å². The SMILES string of the molecule is COc1cc(OC)cc(N(CCCO)c2ccc3ncn(C4CCOCC4)c(=O)c3c2)c1. The lowest BCUT2D eigenvalue weighted by Crippen LogP contribution is -2.29. The number of nitrogens with zero attached hydrogens (tertiary/aromatic N) is 3. The number of fused-ring (bicyclic) bond motifs is 1. The van der Waals surface area contributed by atoms with Gasteiger partial charge in [0.2, 0.25) is 0 Å². The van der Waals surface area contributed by atoms with Crippen molar-refractivity contribution in [1.82, 2.24) is 9.55 Å². The number of rotatable bonds is 8. The molecule has 3 aromatic rings. The Kier molecular flexibility index (Phi) is 6.92. The maximum Gasteiger partial charge on any atom is 0.261 e. The minimum atomic E-state index is -0.0471. The summed E-state index contributed by atoms with van der Waals surface area (Å²) in [4.78, 5) is 19.9. The van der Waals surface area contributed by atoms with Crippen LogP contribution in [0.5, 0.6) is 11.5 Å². The molecule has 170 valence electrons. The zero-order valence-electron chi connectivity index (χ0n) is 18.5. The quantitative estimate of drug-likeness (QED) is 0.576. The van der Waals surface area contributed by atoms with Gasteiger partial charge in [0.15, 0.2) is 0 Å². The lowest BCUT2D eigenvalue weighted by molar-refractivity contribution is 0.0685. The Hall–Kier alpha value is -3.10. The smallest absolute Gasteiger partial charge is 0.261 e. The van der Waals surface area contributed by atoms with Crippen LogP contribution in [-0.2, 0) is 4.74 Å². The van der Waals surface area contributed by atoms with E-state index in [-0.39, 0.29) is 18.2 Å². The van der Waals surface area contributed by atoms with E-state index in [0.717, 1.165) is 24.2 Å². The highest BCUT2D eigenvalue weighted by molar-refractivity contribution is 5.83. The molecule has 1 fully saturated rings. The van der Waals surface area contributed by atoms with Gasteiger partial charge in [-0.3, -0.25) is 9.36 Å². The summed E-state index contributed by atoms with van der Waals surface area (Å²) in [5.41, 5.74) is 2.30. The lowest BCUT2D eigenvalue weighted by atomic mass is 10.1. The monoisotopic (exact) mass is 439 g/mol. The summed E-state index contributed by atoms with van der Waals surface area (Å²) in [5, 5.41) is 10.0. The summed E-state index contributed by atoms with van der Waals surface area (Å²) < 4.78 is 18.0. The first-order valence-electron chi connectivity index (χ1n) is 10.8. The van der Waals surface area contributed by atoms with E-state index >= 15 is 0 Å². The number of aliphatic hydroxyl groups excluding tert-OH is 1. The van der Waals surface area contributed by atoms with E-state index in [1.54, 1.807) is 25.1 Å². The van der Waals surface area contributed by atoms with Crippen molar-refractivity contribution >= 4 is 22.3 Å². The van der Waals surface area contributed by atoms with Gasteiger partial charge < -0.3 is 24.2 Å². The van der Waals surface area contributed by atoms with Crippen LogP contribution in [0.4, 0.5) is 11.4 Å². The Morgan fingerprint density at radius 3 is 2.47 bits per heavy atom. The molecule has 32 heavy (non-hydrogen) atoms. The van der Waals surface area contributed by atoms with Crippen LogP contribution in [0.1, 0.15) is 25.3 Å². The van der Waals surface area contributed by atoms with Crippen molar-refractivity contribution in [2.45, 2.75) is 25.3 Å². The first-order chi connectivity index (χ1) is 15.6. The van der Waals surface area contributed by atoms with Gasteiger partial charge in [-0.25, -0.2) is 4.98 Å². The molecule has 0 bridgehead atoms. The van der Waals surface area contributed by atoms with E-state index in [2.05, 4.69) is 4.98 Å². The van der Waals surface area contributed by atoms with Crippen LogP contribution >= 0.6 is 0 Å². The summed E-state index contributed by atoms with van der Waals surface area (Å²) in [7, 11) is 3.22. The van der Waals surface area contributed by atoms with Crippen molar-refractivity contribution in [2.75, 3.05) is 45.5 Å². The van der Waals surface area contributed by atoms with Crippen LogP contribution < -0.4 is 19.9 Å². The first-order valence-corrected chi connectivity index (χ1v) is 10.8. The molecule has 1 aromatic heterocycles. The highest BCUT2D eigenvalue weighted by atomic mass is 16.5. The van der Waals surface area contributed by atoms with Gasteiger partial charge in [-0.05, 0) is 37.5 Å². The third-order valence-electron chi connectivity index (χ3n) is 5.85. The first kappa shape index (κ1) is 22.1. The molecule has 0 atom stereocenters. The number of benzene rings is 2. The standard InChI is InChI=1S/C24H29N3O5/c1-30-20-12-19(13-21(15-20)31-2)26(8-3-9-28)18-4-5-23-22(14-18)24(29)27(16-25-23)17-6-10-32-11-7-17/h4-5,12-17,28H,3,6-11H2,1-2H3. The van der Waals surface area contributed by atoms with Crippen molar-refractivity contribution in [1.29, 1.82) is 0 Å². The molecule has 8 heteroatoms. The van der Waals surface area contributed by atoms with E-state index < -0.39 is 0 Å². The normalized spacial score (nSPS) is 14.5. The fourth-order valence-electron chi connectivity index (χ4n) is 4.10. The minimum Gasteiger partial charge on any atom is -0.497 e. The van der Waals surface area contributed by atoms with E-state index in [9.17, 15) is 9.90 Å². The fraction of sp³-hybridized carbons (Fsp3) is 0.417. The molecule has 0 radical (unpaired) electrons. The van der Waals surface area contributed by atoms with Crippen molar-refractivity contribution in [3.8, 4) is 11.5 Å². The number of anilines is 2. The predicted octanol–water partition coefficient (Wildman–Crippen LogP) is 3.29. The van der Waals surface area contributed by atoms with Crippen LogP contribution in [0.25, 0.3) is 10.9 Å². The number of aromatic nitrogens is 2. The molecule has 1 aliphatic rings. The van der Waals surface area contributed by atoms with Gasteiger partial charge in [-0.2, -0.15) is 0 Å². The maximum atomic E-state index is 13.3. The molecule has 1 saturated heterocycles. The molecular formula is C24H29N3O5. The van der Waals surface area contributed by atoms with Crippen LogP contribution in [0.2, 0.25) is 0 Å². The molecule has 1 aliphatic heterocycles. The van der Waals surface area contributed by atoms with Gasteiger partial charge in [0, 0.05) is 62.0 Å². The van der Waals surface area contributed by atoms with Crippen LogP contribution in [0.3, 0.4) is 0 Å². The zero-order chi connectivity index (χ0) is 22.5. The largest absolute Gasteiger partial charge is 0.497 e. The Morgan fingerprint density at radius 2 is 1.81 bits per heavy atom. The van der Waals surface area contributed by atoms with Gasteiger partial charge in [0.25, 0.3) is 5.56 Å². The van der Waals surface area contributed by atoms with Crippen molar-refractivity contribution in [3.63, 3.8) is 0 Å². The fourth-order valence-corrected chi connectivity index (χ4v) is 4.10. The second-order valence-corrected chi connectivity index (χ2v) is 7.80. The van der Waals surface area contributed by atoms with Crippen LogP contribution in [-0.4, -0.2) is 55.2 Å². The van der Waals surface area contributed by atoms with Gasteiger partial charge >= 0.3 is 0 Å². The molecule has 0 spiro atoms. The highest BCUT2D eigenvalue weighted by Gasteiger charge is 2.19. The summed E-state index contributed by atoms with van der Waals surface area (Å²) >= 11 is 0. The molecule has 4 rings (SSSR count). The van der Waals surface area contributed by atoms with E-state index in [0.29, 0.717) is 48.6 Å². The topological polar surface area (TPSA) is 86.1 Å². The minimum absolute atomic E-state index is 0.0471. The average molecular weight is 440 g/mol. The van der Waals surface area contributed by atoms with E-state index in [1.807, 2.05) is 41.3 Å². The van der Waals surface area contributed by atoms with Crippen LogP contribution in [0, 0.1) is 0 Å². The molecule has 2 heterocycles. The summed E-state index contributed by atoms with van der Waals surface area (Å²) in [6.45, 7) is 1.93.